The summed E-state index contributed by atoms with van der Waals surface area (Å²) in [5.74, 6) is 0. The van der Waals surface area contributed by atoms with Gasteiger partial charge < -0.3 is 19.8 Å². The van der Waals surface area contributed by atoms with Crippen LogP contribution >= 0.6 is 0 Å². The molecule has 1 aliphatic heterocycles. The molecule has 15 heteroatoms. The number of ether oxygens (including phenoxy) is 1. The summed E-state index contributed by atoms with van der Waals surface area (Å²) in [6.07, 6.45) is -10.7. The van der Waals surface area contributed by atoms with Crippen molar-refractivity contribution in [3.63, 3.8) is 0 Å². The molecular weight excluding hydrogens is 613 g/mol. The summed E-state index contributed by atoms with van der Waals surface area (Å²) in [6.45, 7) is 9.33. The number of hydrogen-bond donors (Lipinski definition) is 3. The topological polar surface area (TPSA) is 112 Å². The number of alkyl halides is 7. The maximum Gasteiger partial charge on any atom is 0.435 e. The van der Waals surface area contributed by atoms with Crippen LogP contribution in [-0.4, -0.2) is 67.4 Å². The largest absolute Gasteiger partial charge is 0.444 e. The molecule has 0 aliphatic carbocycles. The molecule has 3 heterocycles. The molecule has 2 aromatic heterocycles. The van der Waals surface area contributed by atoms with Crippen LogP contribution in [0.15, 0.2) is 48.8 Å². The molecule has 8 nitrogen and oxygen atoms in total. The second-order valence-corrected chi connectivity index (χ2v) is 13.0. The number of carbonyl (C=O) groups is 1. The van der Waals surface area contributed by atoms with Crippen LogP contribution < -0.4 is 0 Å². The Kier molecular flexibility index (Phi) is 8.11. The van der Waals surface area contributed by atoms with Gasteiger partial charge in [-0.3, -0.25) is 10.1 Å². The van der Waals surface area contributed by atoms with Crippen LogP contribution in [0.3, 0.4) is 0 Å². The number of rotatable bonds is 6. The second-order valence-electron chi connectivity index (χ2n) is 13.0. The van der Waals surface area contributed by atoms with Gasteiger partial charge in [0, 0.05) is 47.6 Å². The Morgan fingerprint density at radius 3 is 1.87 bits per heavy atom. The lowest BCUT2D eigenvalue weighted by Gasteiger charge is -2.56. The van der Waals surface area contributed by atoms with E-state index >= 15 is 0 Å². The summed E-state index contributed by atoms with van der Waals surface area (Å²) >= 11 is 0. The van der Waals surface area contributed by atoms with E-state index in [0.717, 1.165) is 12.1 Å². The van der Waals surface area contributed by atoms with Crippen LogP contribution in [-0.2, 0) is 21.6 Å². The number of aromatic nitrogens is 3. The van der Waals surface area contributed by atoms with Gasteiger partial charge in [0.2, 0.25) is 0 Å². The van der Waals surface area contributed by atoms with Crippen molar-refractivity contribution in [3.05, 3.63) is 71.2 Å². The number of aromatic amines is 1. The summed E-state index contributed by atoms with van der Waals surface area (Å²) in [6, 6.07) is 5.24. The number of aliphatic hydroxyl groups is 2. The number of H-pyrrole nitrogens is 1. The molecule has 1 saturated heterocycles. The van der Waals surface area contributed by atoms with Crippen molar-refractivity contribution >= 4 is 6.09 Å². The van der Waals surface area contributed by atoms with Crippen LogP contribution in [0, 0.1) is 5.41 Å². The number of likely N-dealkylation sites (tertiary alicyclic amines) is 1. The monoisotopic (exact) mass is 646 g/mol. The summed E-state index contributed by atoms with van der Waals surface area (Å²) in [7, 11) is 0. The Hall–Kier alpha value is -3.72. The number of carbonyl (C=O) groups excluding carboxylic acids is 1. The third-order valence-corrected chi connectivity index (χ3v) is 7.78. The number of nitrogens with zero attached hydrogens (tertiary/aromatic N) is 3. The Balaban J connectivity index is 1.83. The molecule has 4 rings (SSSR count). The minimum absolute atomic E-state index is 0.0602. The SMILES string of the molecule is CC(C)(C)OC(=O)N1CC(C)(C(O)(c2ccc(C(F)(C(F)(F)F)C(F)(F)F)cc2)c2cncc(-c3cc(C(C)(C)O)[nH]n3)c2)C1. The van der Waals surface area contributed by atoms with Gasteiger partial charge in [-0.1, -0.05) is 31.2 Å². The molecule has 1 amide bonds. The molecule has 3 N–H and O–H groups in total. The Morgan fingerprint density at radius 2 is 1.40 bits per heavy atom. The lowest BCUT2D eigenvalue weighted by atomic mass is 9.62. The highest BCUT2D eigenvalue weighted by Crippen LogP contribution is 2.55. The first-order valence-electron chi connectivity index (χ1n) is 13.7. The van der Waals surface area contributed by atoms with E-state index in [2.05, 4.69) is 15.2 Å². The Labute approximate surface area is 254 Å². The van der Waals surface area contributed by atoms with Crippen molar-refractivity contribution in [1.29, 1.82) is 0 Å². The van der Waals surface area contributed by atoms with E-state index in [9.17, 15) is 45.7 Å². The summed E-state index contributed by atoms with van der Waals surface area (Å²) < 4.78 is 101. The van der Waals surface area contributed by atoms with Crippen LogP contribution in [0.2, 0.25) is 0 Å². The first-order chi connectivity index (χ1) is 20.3. The quantitative estimate of drug-likeness (QED) is 0.265. The van der Waals surface area contributed by atoms with Gasteiger partial charge in [0.15, 0.2) is 0 Å². The number of benzene rings is 1. The van der Waals surface area contributed by atoms with Gasteiger partial charge in [-0.15, -0.1) is 0 Å². The van der Waals surface area contributed by atoms with Gasteiger partial charge in [-0.25, -0.2) is 9.18 Å². The zero-order chi connectivity index (χ0) is 34.0. The second kappa shape index (κ2) is 10.7. The molecule has 1 unspecified atom stereocenters. The zero-order valence-corrected chi connectivity index (χ0v) is 25.2. The average molecular weight is 647 g/mol. The molecule has 0 radical (unpaired) electrons. The molecule has 1 aliphatic rings. The highest BCUT2D eigenvalue weighted by atomic mass is 19.4. The van der Waals surface area contributed by atoms with E-state index in [4.69, 9.17) is 4.74 Å². The van der Waals surface area contributed by atoms with Crippen LogP contribution in [0.4, 0.5) is 35.5 Å². The smallest absolute Gasteiger partial charge is 0.435 e. The maximum atomic E-state index is 14.8. The fourth-order valence-electron chi connectivity index (χ4n) is 5.33. The first-order valence-corrected chi connectivity index (χ1v) is 13.7. The number of hydrogen-bond acceptors (Lipinski definition) is 6. The van der Waals surface area contributed by atoms with Gasteiger partial charge in [0.05, 0.1) is 11.4 Å². The molecular formula is C30H33F7N4O4. The number of halogens is 7. The highest BCUT2D eigenvalue weighted by molar-refractivity contribution is 5.70. The minimum Gasteiger partial charge on any atom is -0.444 e. The van der Waals surface area contributed by atoms with E-state index in [1.54, 1.807) is 33.8 Å². The van der Waals surface area contributed by atoms with Crippen LogP contribution in [0.1, 0.15) is 63.9 Å². The lowest BCUT2D eigenvalue weighted by molar-refractivity contribution is -0.348. The van der Waals surface area contributed by atoms with Gasteiger partial charge in [-0.05, 0) is 52.3 Å². The van der Waals surface area contributed by atoms with E-state index < -0.39 is 51.9 Å². The Bertz CT molecular complexity index is 1540. The van der Waals surface area contributed by atoms with E-state index in [-0.39, 0.29) is 24.2 Å². The van der Waals surface area contributed by atoms with Crippen molar-refractivity contribution in [2.45, 2.75) is 76.4 Å². The molecule has 1 fully saturated rings. The molecule has 3 aromatic rings. The molecule has 45 heavy (non-hydrogen) atoms. The third kappa shape index (κ3) is 5.99. The molecule has 1 atom stereocenters. The third-order valence-electron chi connectivity index (χ3n) is 7.78. The van der Waals surface area contributed by atoms with Crippen molar-refractivity contribution in [2.75, 3.05) is 13.1 Å². The van der Waals surface area contributed by atoms with Gasteiger partial charge in [0.1, 0.15) is 16.8 Å². The summed E-state index contributed by atoms with van der Waals surface area (Å²) in [5, 5.41) is 29.6. The fourth-order valence-corrected chi connectivity index (χ4v) is 5.33. The summed E-state index contributed by atoms with van der Waals surface area (Å²) in [4.78, 5) is 18.2. The van der Waals surface area contributed by atoms with Crippen LogP contribution in [0.5, 0.6) is 0 Å². The standard InChI is InChI=1S/C30H33F7N4O4/c1-24(2,3)45-23(42)41-15-26(6,16-41)27(44,18-7-9-19(10-8-18)28(31,29(32,33)34)30(35,36)37)20-11-17(13-38-14-20)21-12-22(40-39-21)25(4,5)43/h7-14,43-44H,15-16H2,1-6H3,(H,39,40). The molecule has 0 spiro atoms. The lowest BCUT2D eigenvalue weighted by Crippen LogP contribution is -2.66. The number of pyridine rings is 1. The average Bonchev–Trinajstić information content (AvgIpc) is 3.39. The number of nitrogens with one attached hydrogen (secondary N) is 1. The summed E-state index contributed by atoms with van der Waals surface area (Å²) in [5.41, 5.74) is -12.1. The molecule has 0 saturated carbocycles. The normalized spacial score (nSPS) is 17.4. The minimum atomic E-state index is -6.32. The highest BCUT2D eigenvalue weighted by Gasteiger charge is 2.73. The predicted molar refractivity (Wildman–Crippen MR) is 147 cm³/mol. The van der Waals surface area contributed by atoms with Crippen LogP contribution in [0.25, 0.3) is 11.3 Å². The first kappa shape index (κ1) is 34.2. The van der Waals surface area contributed by atoms with Gasteiger partial charge in [-0.2, -0.15) is 31.4 Å². The van der Waals surface area contributed by atoms with Crippen molar-refractivity contribution in [3.8, 4) is 11.3 Å². The molecule has 0 bridgehead atoms. The predicted octanol–water partition coefficient (Wildman–Crippen LogP) is 6.48. The van der Waals surface area contributed by atoms with Gasteiger partial charge >= 0.3 is 24.1 Å². The van der Waals surface area contributed by atoms with E-state index in [1.165, 1.54) is 37.2 Å². The van der Waals surface area contributed by atoms with E-state index in [0.29, 0.717) is 29.1 Å². The zero-order valence-electron chi connectivity index (χ0n) is 25.2. The molecule has 246 valence electrons. The fraction of sp³-hybridized carbons (Fsp3) is 0.500. The van der Waals surface area contributed by atoms with Crippen molar-refractivity contribution < 1.29 is 50.5 Å². The molecule has 1 aromatic carbocycles. The maximum absolute atomic E-state index is 14.8. The van der Waals surface area contributed by atoms with E-state index in [1.807, 2.05) is 0 Å². The Morgan fingerprint density at radius 1 is 0.867 bits per heavy atom. The van der Waals surface area contributed by atoms with Crippen molar-refractivity contribution in [1.82, 2.24) is 20.1 Å². The van der Waals surface area contributed by atoms with Crippen molar-refractivity contribution in [2.24, 2.45) is 5.41 Å². The van der Waals surface area contributed by atoms with Gasteiger partial charge in [0.25, 0.3) is 0 Å². The number of amides is 1.